The fourth-order valence-electron chi connectivity index (χ4n) is 2.88. The van der Waals surface area contributed by atoms with Crippen molar-refractivity contribution in [3.8, 4) is 0 Å². The van der Waals surface area contributed by atoms with Gasteiger partial charge < -0.3 is 4.74 Å². The first-order valence-corrected chi connectivity index (χ1v) is 9.04. The van der Waals surface area contributed by atoms with Gasteiger partial charge in [0.05, 0.1) is 6.42 Å². The Labute approximate surface area is 153 Å². The minimum atomic E-state index is -0.464. The summed E-state index contributed by atoms with van der Waals surface area (Å²) < 4.78 is 5.53. The van der Waals surface area contributed by atoms with Gasteiger partial charge >= 0.3 is 5.97 Å². The second kappa shape index (κ2) is 10.2. The number of carbonyl (C=O) groups is 1. The third kappa shape index (κ3) is 7.70. The third-order valence-corrected chi connectivity index (χ3v) is 4.01. The highest BCUT2D eigenvalue weighted by Gasteiger charge is 2.26. The lowest BCUT2D eigenvalue weighted by atomic mass is 10.0. The minimum absolute atomic E-state index is 0.00462. The fraction of sp³-hybridized carbons (Fsp3) is 0.500. The van der Waals surface area contributed by atoms with Crippen LogP contribution in [0, 0.1) is 0 Å². The molecular formula is C22H33NO2. The van der Waals surface area contributed by atoms with E-state index in [0.717, 1.165) is 13.0 Å². The summed E-state index contributed by atoms with van der Waals surface area (Å²) in [5, 5.41) is 0. The molecule has 0 N–H and O–H groups in total. The largest absolute Gasteiger partial charge is 0.460 e. The first kappa shape index (κ1) is 21.2. The van der Waals surface area contributed by atoms with E-state index in [-0.39, 0.29) is 18.1 Å². The van der Waals surface area contributed by atoms with Gasteiger partial charge in [-0.1, -0.05) is 48.6 Å². The Hall–Kier alpha value is -1.87. The first-order chi connectivity index (χ1) is 11.8. The summed E-state index contributed by atoms with van der Waals surface area (Å²) in [5.74, 6) is -0.167. The van der Waals surface area contributed by atoms with Gasteiger partial charge in [0, 0.05) is 18.6 Å². The summed E-state index contributed by atoms with van der Waals surface area (Å²) in [6, 6.07) is 10.6. The first-order valence-electron chi connectivity index (χ1n) is 9.04. The van der Waals surface area contributed by atoms with E-state index in [4.69, 9.17) is 4.74 Å². The molecule has 0 amide bonds. The number of hydrogen-bond donors (Lipinski definition) is 0. The second-order valence-electron chi connectivity index (χ2n) is 7.29. The molecule has 0 heterocycles. The SMILES string of the molecule is C=CCCN(C(/C=C/C)CC(=O)OC(C)(C)C)[C@H](C)c1ccccc1. The molecule has 1 unspecified atom stereocenters. The van der Waals surface area contributed by atoms with Crippen molar-refractivity contribution >= 4 is 5.97 Å². The van der Waals surface area contributed by atoms with Gasteiger partial charge in [0.15, 0.2) is 0 Å². The highest BCUT2D eigenvalue weighted by atomic mass is 16.6. The van der Waals surface area contributed by atoms with Gasteiger partial charge in [0.1, 0.15) is 5.60 Å². The van der Waals surface area contributed by atoms with Gasteiger partial charge in [-0.15, -0.1) is 6.58 Å². The van der Waals surface area contributed by atoms with E-state index in [9.17, 15) is 4.79 Å². The van der Waals surface area contributed by atoms with Crippen molar-refractivity contribution in [3.63, 3.8) is 0 Å². The van der Waals surface area contributed by atoms with Crippen molar-refractivity contribution in [2.75, 3.05) is 6.54 Å². The number of ether oxygens (including phenoxy) is 1. The van der Waals surface area contributed by atoms with Crippen molar-refractivity contribution in [1.29, 1.82) is 0 Å². The summed E-state index contributed by atoms with van der Waals surface area (Å²) in [6.45, 7) is 14.6. The van der Waals surface area contributed by atoms with Crippen LogP contribution in [0.15, 0.2) is 55.1 Å². The molecule has 0 radical (unpaired) electrons. The van der Waals surface area contributed by atoms with Gasteiger partial charge in [0.25, 0.3) is 0 Å². The molecule has 0 fully saturated rings. The van der Waals surface area contributed by atoms with Gasteiger partial charge in [-0.05, 0) is 46.6 Å². The Morgan fingerprint density at radius 1 is 1.28 bits per heavy atom. The molecule has 2 atom stereocenters. The fourth-order valence-corrected chi connectivity index (χ4v) is 2.88. The summed E-state index contributed by atoms with van der Waals surface area (Å²) in [7, 11) is 0. The van der Waals surface area contributed by atoms with Crippen LogP contribution < -0.4 is 0 Å². The molecule has 1 aromatic rings. The zero-order chi connectivity index (χ0) is 18.9. The van der Waals surface area contributed by atoms with Crippen molar-refractivity contribution in [3.05, 3.63) is 60.7 Å². The lowest BCUT2D eigenvalue weighted by molar-refractivity contribution is -0.156. The topological polar surface area (TPSA) is 29.5 Å². The monoisotopic (exact) mass is 343 g/mol. The average molecular weight is 344 g/mol. The molecule has 3 nitrogen and oxygen atoms in total. The molecule has 0 saturated heterocycles. The number of benzene rings is 1. The Morgan fingerprint density at radius 3 is 2.44 bits per heavy atom. The van der Waals surface area contributed by atoms with Gasteiger partial charge in [0.2, 0.25) is 0 Å². The number of rotatable bonds is 9. The minimum Gasteiger partial charge on any atom is -0.460 e. The number of hydrogen-bond acceptors (Lipinski definition) is 3. The number of carbonyl (C=O) groups excluding carboxylic acids is 1. The summed E-state index contributed by atoms with van der Waals surface area (Å²) >= 11 is 0. The molecule has 1 rings (SSSR count). The van der Waals surface area contributed by atoms with Crippen molar-refractivity contribution in [1.82, 2.24) is 4.90 Å². The quantitative estimate of drug-likeness (QED) is 0.450. The molecule has 1 aromatic carbocycles. The van der Waals surface area contributed by atoms with Crippen LogP contribution in [0.2, 0.25) is 0 Å². The van der Waals surface area contributed by atoms with Crippen LogP contribution in [-0.4, -0.2) is 29.1 Å². The zero-order valence-electron chi connectivity index (χ0n) is 16.4. The maximum Gasteiger partial charge on any atom is 0.308 e. The molecule has 3 heteroatoms. The Bertz CT molecular complexity index is 557. The van der Waals surface area contributed by atoms with Crippen molar-refractivity contribution < 1.29 is 9.53 Å². The summed E-state index contributed by atoms with van der Waals surface area (Å²) in [5.41, 5.74) is 0.777. The zero-order valence-corrected chi connectivity index (χ0v) is 16.4. The van der Waals surface area contributed by atoms with Crippen LogP contribution in [0.5, 0.6) is 0 Å². The normalized spacial score (nSPS) is 14.5. The van der Waals surface area contributed by atoms with Crippen LogP contribution in [0.1, 0.15) is 59.1 Å². The average Bonchev–Trinajstić information content (AvgIpc) is 2.54. The van der Waals surface area contributed by atoms with Crippen LogP contribution in [0.4, 0.5) is 0 Å². The summed E-state index contributed by atoms with van der Waals surface area (Å²) in [6.07, 6.45) is 7.24. The molecule has 0 aliphatic carbocycles. The van der Waals surface area contributed by atoms with E-state index in [1.165, 1.54) is 5.56 Å². The van der Waals surface area contributed by atoms with Crippen molar-refractivity contribution in [2.45, 2.75) is 65.1 Å². The lowest BCUT2D eigenvalue weighted by Gasteiger charge is -2.35. The standard InChI is InChI=1S/C22H33NO2/c1-7-9-16-23(18(3)19-14-11-10-12-15-19)20(13-8-2)17-21(24)25-22(4,5)6/h7-8,10-15,18,20H,1,9,16-17H2,2-6H3/b13-8+/t18-,20?/m1/s1. The predicted molar refractivity (Wildman–Crippen MR) is 105 cm³/mol. The van der Waals surface area contributed by atoms with E-state index in [1.54, 1.807) is 0 Å². The maximum absolute atomic E-state index is 12.4. The van der Waals surface area contributed by atoms with Crippen LogP contribution >= 0.6 is 0 Å². The molecular weight excluding hydrogens is 310 g/mol. The van der Waals surface area contributed by atoms with Crippen molar-refractivity contribution in [2.24, 2.45) is 0 Å². The number of nitrogens with zero attached hydrogens (tertiary/aromatic N) is 1. The molecule has 0 aliphatic rings. The van der Waals surface area contributed by atoms with E-state index < -0.39 is 5.60 Å². The molecule has 0 spiro atoms. The molecule has 138 valence electrons. The van der Waals surface area contributed by atoms with Crippen LogP contribution in [0.25, 0.3) is 0 Å². The third-order valence-electron chi connectivity index (χ3n) is 4.01. The smallest absolute Gasteiger partial charge is 0.308 e. The predicted octanol–water partition coefficient (Wildman–Crippen LogP) is 5.30. The number of allylic oxidation sites excluding steroid dienone is 1. The van der Waals surface area contributed by atoms with Gasteiger partial charge in [-0.25, -0.2) is 0 Å². The highest BCUT2D eigenvalue weighted by Crippen LogP contribution is 2.25. The summed E-state index contributed by atoms with van der Waals surface area (Å²) in [4.78, 5) is 14.7. The van der Waals surface area contributed by atoms with E-state index >= 15 is 0 Å². The molecule has 0 aromatic heterocycles. The van der Waals surface area contributed by atoms with E-state index in [0.29, 0.717) is 6.42 Å². The van der Waals surface area contributed by atoms with Gasteiger partial charge in [-0.2, -0.15) is 0 Å². The molecule has 0 aliphatic heterocycles. The van der Waals surface area contributed by atoms with E-state index in [2.05, 4.69) is 48.7 Å². The van der Waals surface area contributed by atoms with Crippen LogP contribution in [-0.2, 0) is 9.53 Å². The molecule has 0 bridgehead atoms. The Kier molecular flexibility index (Phi) is 8.64. The lowest BCUT2D eigenvalue weighted by Crippen LogP contribution is -2.39. The molecule has 25 heavy (non-hydrogen) atoms. The maximum atomic E-state index is 12.4. The Balaban J connectivity index is 3.01. The second-order valence-corrected chi connectivity index (χ2v) is 7.29. The molecule has 0 saturated carbocycles. The van der Waals surface area contributed by atoms with Crippen LogP contribution in [0.3, 0.4) is 0 Å². The van der Waals surface area contributed by atoms with E-state index in [1.807, 2.05) is 45.9 Å². The Morgan fingerprint density at radius 2 is 1.92 bits per heavy atom. The van der Waals surface area contributed by atoms with Gasteiger partial charge in [-0.3, -0.25) is 9.69 Å². The number of esters is 1. The highest BCUT2D eigenvalue weighted by molar-refractivity contribution is 5.71.